The zero-order valence-electron chi connectivity index (χ0n) is 15.5. The van der Waals surface area contributed by atoms with Crippen molar-refractivity contribution in [3.63, 3.8) is 0 Å². The minimum absolute atomic E-state index is 0.233. The van der Waals surface area contributed by atoms with Crippen LogP contribution in [0.2, 0.25) is 0 Å². The predicted octanol–water partition coefficient (Wildman–Crippen LogP) is 5.95. The summed E-state index contributed by atoms with van der Waals surface area (Å²) < 4.78 is 5.95. The average Bonchev–Trinajstić information content (AvgIpc) is 3.06. The van der Waals surface area contributed by atoms with Gasteiger partial charge in [0, 0.05) is 28.1 Å². The average molecular weight is 381 g/mol. The molecule has 1 fully saturated rings. The van der Waals surface area contributed by atoms with Gasteiger partial charge in [-0.05, 0) is 43.5 Å². The van der Waals surface area contributed by atoms with Crippen molar-refractivity contribution in [3.05, 3.63) is 59.5 Å². The van der Waals surface area contributed by atoms with E-state index in [1.54, 1.807) is 6.20 Å². The topological polar surface area (TPSA) is 55.1 Å². The van der Waals surface area contributed by atoms with Crippen LogP contribution >= 0.6 is 11.8 Å². The molecule has 0 unspecified atom stereocenters. The van der Waals surface area contributed by atoms with Gasteiger partial charge in [0.1, 0.15) is 11.4 Å². The molecule has 4 rings (SSSR count). The number of anilines is 1. The van der Waals surface area contributed by atoms with Gasteiger partial charge < -0.3 is 9.73 Å². The number of thioether (sulfide) groups is 1. The van der Waals surface area contributed by atoms with Crippen LogP contribution in [0.15, 0.2) is 47.0 Å². The molecule has 0 radical (unpaired) electrons. The maximum Gasteiger partial charge on any atom is 0.292 e. The number of hydrogen-bond acceptors (Lipinski definition) is 4. The molecule has 27 heavy (non-hydrogen) atoms. The Labute approximate surface area is 163 Å². The van der Waals surface area contributed by atoms with Crippen LogP contribution in [0, 0.1) is 6.92 Å². The number of nitrogens with zero attached hydrogens (tertiary/aromatic N) is 1. The summed E-state index contributed by atoms with van der Waals surface area (Å²) in [4.78, 5) is 17.1. The number of para-hydroxylation sites is 1. The second kappa shape index (κ2) is 8.17. The molecule has 140 valence electrons. The highest BCUT2D eigenvalue weighted by atomic mass is 32.2. The molecule has 0 aliphatic heterocycles. The maximum atomic E-state index is 12.9. The Hall–Kier alpha value is -2.27. The van der Waals surface area contributed by atoms with Crippen LogP contribution in [0.4, 0.5) is 5.82 Å². The van der Waals surface area contributed by atoms with Crippen LogP contribution in [-0.4, -0.2) is 16.1 Å². The number of aromatic nitrogens is 1. The van der Waals surface area contributed by atoms with Crippen molar-refractivity contribution in [2.24, 2.45) is 0 Å². The van der Waals surface area contributed by atoms with Gasteiger partial charge in [0.05, 0.1) is 0 Å². The SMILES string of the molecule is Cc1ccnc(NC(=O)c2oc3ccccc3c2CSC2CCCCC2)c1. The van der Waals surface area contributed by atoms with Crippen molar-refractivity contribution in [3.8, 4) is 0 Å². The Kier molecular flexibility index (Phi) is 5.48. The lowest BCUT2D eigenvalue weighted by Gasteiger charge is -2.20. The van der Waals surface area contributed by atoms with Crippen molar-refractivity contribution in [2.75, 3.05) is 5.32 Å². The Morgan fingerprint density at radius 1 is 1.22 bits per heavy atom. The van der Waals surface area contributed by atoms with Crippen LogP contribution in [0.3, 0.4) is 0 Å². The summed E-state index contributed by atoms with van der Waals surface area (Å²) in [5, 5.41) is 4.60. The molecule has 4 nitrogen and oxygen atoms in total. The van der Waals surface area contributed by atoms with Crippen LogP contribution in [0.25, 0.3) is 11.0 Å². The molecular weight excluding hydrogens is 356 g/mol. The third-order valence-corrected chi connectivity index (χ3v) is 6.48. The van der Waals surface area contributed by atoms with E-state index in [4.69, 9.17) is 4.42 Å². The first-order chi connectivity index (χ1) is 13.2. The van der Waals surface area contributed by atoms with Gasteiger partial charge in [-0.25, -0.2) is 4.98 Å². The van der Waals surface area contributed by atoms with Crippen LogP contribution < -0.4 is 5.32 Å². The lowest BCUT2D eigenvalue weighted by atomic mass is 10.0. The highest BCUT2D eigenvalue weighted by Gasteiger charge is 2.23. The van der Waals surface area contributed by atoms with Crippen LogP contribution in [0.1, 0.15) is 53.8 Å². The molecule has 2 aromatic heterocycles. The number of hydrogen-bond donors (Lipinski definition) is 1. The van der Waals surface area contributed by atoms with Gasteiger partial charge in [-0.1, -0.05) is 37.5 Å². The first-order valence-electron chi connectivity index (χ1n) is 9.57. The Bertz CT molecular complexity index is 944. The molecule has 0 saturated heterocycles. The number of aryl methyl sites for hydroxylation is 1. The number of carbonyl (C=O) groups is 1. The number of fused-ring (bicyclic) bond motifs is 1. The molecule has 1 aliphatic carbocycles. The van der Waals surface area contributed by atoms with E-state index in [0.717, 1.165) is 27.8 Å². The highest BCUT2D eigenvalue weighted by Crippen LogP contribution is 2.35. The van der Waals surface area contributed by atoms with Gasteiger partial charge in [-0.2, -0.15) is 11.8 Å². The van der Waals surface area contributed by atoms with Gasteiger partial charge in [0.2, 0.25) is 0 Å². The quantitative estimate of drug-likeness (QED) is 0.594. The fourth-order valence-electron chi connectivity index (χ4n) is 3.64. The first kappa shape index (κ1) is 18.1. The summed E-state index contributed by atoms with van der Waals surface area (Å²) in [5.41, 5.74) is 2.81. The van der Waals surface area contributed by atoms with E-state index in [1.807, 2.05) is 55.1 Å². The maximum absolute atomic E-state index is 12.9. The molecule has 1 saturated carbocycles. The lowest BCUT2D eigenvalue weighted by Crippen LogP contribution is -2.14. The normalized spacial score (nSPS) is 15.1. The molecule has 1 aromatic carbocycles. The fourth-order valence-corrected chi connectivity index (χ4v) is 4.99. The van der Waals surface area contributed by atoms with Gasteiger partial charge in [-0.15, -0.1) is 0 Å². The van der Waals surface area contributed by atoms with Crippen LogP contribution in [-0.2, 0) is 5.75 Å². The van der Waals surface area contributed by atoms with Gasteiger partial charge >= 0.3 is 0 Å². The molecule has 1 amide bonds. The van der Waals surface area contributed by atoms with Gasteiger partial charge in [0.25, 0.3) is 5.91 Å². The van der Waals surface area contributed by atoms with E-state index in [2.05, 4.69) is 10.3 Å². The van der Waals surface area contributed by atoms with Crippen molar-refractivity contribution < 1.29 is 9.21 Å². The summed E-state index contributed by atoms with van der Waals surface area (Å²) in [7, 11) is 0. The van der Waals surface area contributed by atoms with Crippen molar-refractivity contribution >= 4 is 34.5 Å². The summed E-state index contributed by atoms with van der Waals surface area (Å²) >= 11 is 1.95. The minimum atomic E-state index is -0.233. The monoisotopic (exact) mass is 380 g/mol. The summed E-state index contributed by atoms with van der Waals surface area (Å²) in [6, 6.07) is 11.7. The fraction of sp³-hybridized carbons (Fsp3) is 0.364. The number of rotatable bonds is 5. The molecule has 1 N–H and O–H groups in total. The summed E-state index contributed by atoms with van der Waals surface area (Å²) in [6.45, 7) is 1.98. The second-order valence-corrected chi connectivity index (χ2v) is 8.44. The van der Waals surface area contributed by atoms with Crippen molar-refractivity contribution in [1.82, 2.24) is 4.98 Å². The van der Waals surface area contributed by atoms with E-state index in [9.17, 15) is 4.79 Å². The predicted molar refractivity (Wildman–Crippen MR) is 111 cm³/mol. The van der Waals surface area contributed by atoms with Crippen LogP contribution in [0.5, 0.6) is 0 Å². The van der Waals surface area contributed by atoms with E-state index >= 15 is 0 Å². The molecule has 0 atom stereocenters. The van der Waals surface area contributed by atoms with Crippen molar-refractivity contribution in [1.29, 1.82) is 0 Å². The second-order valence-electron chi connectivity index (χ2n) is 7.15. The lowest BCUT2D eigenvalue weighted by molar-refractivity contribution is 0.0997. The molecular formula is C22H24N2O2S. The molecule has 2 heterocycles. The number of carbonyl (C=O) groups excluding carboxylic acids is 1. The molecule has 5 heteroatoms. The number of benzene rings is 1. The Morgan fingerprint density at radius 3 is 2.85 bits per heavy atom. The molecule has 1 aliphatic rings. The van der Waals surface area contributed by atoms with Gasteiger partial charge in [0.15, 0.2) is 5.76 Å². The zero-order chi connectivity index (χ0) is 18.6. The van der Waals surface area contributed by atoms with E-state index < -0.39 is 0 Å². The highest BCUT2D eigenvalue weighted by molar-refractivity contribution is 7.99. The van der Waals surface area contributed by atoms with E-state index in [-0.39, 0.29) is 5.91 Å². The van der Waals surface area contributed by atoms with Crippen molar-refractivity contribution in [2.45, 2.75) is 50.0 Å². The number of amides is 1. The largest absolute Gasteiger partial charge is 0.451 e. The van der Waals surface area contributed by atoms with E-state index in [0.29, 0.717) is 16.8 Å². The third-order valence-electron chi connectivity index (χ3n) is 5.08. The van der Waals surface area contributed by atoms with Gasteiger partial charge in [-0.3, -0.25) is 4.79 Å². The number of pyridine rings is 1. The Balaban J connectivity index is 1.59. The molecule has 0 bridgehead atoms. The summed E-state index contributed by atoms with van der Waals surface area (Å²) in [6.07, 6.45) is 8.23. The van der Waals surface area contributed by atoms with E-state index in [1.165, 1.54) is 32.1 Å². The summed E-state index contributed by atoms with van der Waals surface area (Å²) in [5.74, 6) is 1.52. The zero-order valence-corrected chi connectivity index (χ0v) is 16.3. The minimum Gasteiger partial charge on any atom is -0.451 e. The Morgan fingerprint density at radius 2 is 2.04 bits per heavy atom. The standard InChI is InChI=1S/C22H24N2O2S/c1-15-11-12-23-20(13-15)24-22(25)21-18(14-27-16-7-3-2-4-8-16)17-9-5-6-10-19(17)26-21/h5-6,9-13,16H,2-4,7-8,14H2,1H3,(H,23,24,25). The third kappa shape index (κ3) is 4.19. The number of nitrogens with one attached hydrogen (secondary N) is 1. The number of furan rings is 1. The first-order valence-corrected chi connectivity index (χ1v) is 10.6. The molecule has 3 aromatic rings. The smallest absolute Gasteiger partial charge is 0.292 e. The molecule has 0 spiro atoms.